The molecule has 0 saturated heterocycles. The molecule has 1 aromatic rings. The van der Waals surface area contributed by atoms with Crippen molar-refractivity contribution in [3.63, 3.8) is 0 Å². The molecular formula is C10H15N3O. The molecular weight excluding hydrogens is 178 g/mol. The third kappa shape index (κ3) is 1.25. The summed E-state index contributed by atoms with van der Waals surface area (Å²) in [5, 5.41) is 18.1. The lowest BCUT2D eigenvalue weighted by Gasteiger charge is -2.06. The number of hydrogen-bond acceptors (Lipinski definition) is 3. The lowest BCUT2D eigenvalue weighted by molar-refractivity contribution is 0.142. The summed E-state index contributed by atoms with van der Waals surface area (Å²) in [5.41, 5.74) is 1.48. The largest absolute Gasteiger partial charge is 0.392 e. The molecule has 2 aliphatic rings. The van der Waals surface area contributed by atoms with Gasteiger partial charge in [0.05, 0.1) is 18.0 Å². The van der Waals surface area contributed by atoms with Gasteiger partial charge in [-0.2, -0.15) is 15.0 Å². The molecule has 4 nitrogen and oxygen atoms in total. The third-order valence-corrected chi connectivity index (χ3v) is 3.67. The van der Waals surface area contributed by atoms with Crippen LogP contribution in [0.1, 0.15) is 25.0 Å². The van der Waals surface area contributed by atoms with E-state index in [9.17, 15) is 5.11 Å². The van der Waals surface area contributed by atoms with Crippen LogP contribution >= 0.6 is 0 Å². The van der Waals surface area contributed by atoms with E-state index >= 15 is 0 Å². The number of aryl methyl sites for hydroxylation is 1. The van der Waals surface area contributed by atoms with Gasteiger partial charge >= 0.3 is 0 Å². The monoisotopic (exact) mass is 193 g/mol. The third-order valence-electron chi connectivity index (χ3n) is 3.67. The highest BCUT2D eigenvalue weighted by Gasteiger charge is 2.64. The summed E-state index contributed by atoms with van der Waals surface area (Å²) in [6, 6.07) is 0. The van der Waals surface area contributed by atoms with Crippen molar-refractivity contribution in [2.75, 3.05) is 0 Å². The number of nitrogens with zero attached hydrogens (tertiary/aromatic N) is 3. The van der Waals surface area contributed by atoms with E-state index in [1.165, 1.54) is 19.3 Å². The quantitative estimate of drug-likeness (QED) is 0.761. The van der Waals surface area contributed by atoms with E-state index in [1.807, 2.05) is 0 Å². The SMILES string of the molecule is Cn1ncc(CC(O)C2CC23CC3)n1. The molecule has 0 bridgehead atoms. The van der Waals surface area contributed by atoms with Crippen LogP contribution in [-0.2, 0) is 13.5 Å². The second kappa shape index (κ2) is 2.57. The first-order valence-corrected chi connectivity index (χ1v) is 5.23. The van der Waals surface area contributed by atoms with Gasteiger partial charge in [0.1, 0.15) is 0 Å². The molecule has 76 valence electrons. The molecule has 14 heavy (non-hydrogen) atoms. The van der Waals surface area contributed by atoms with Gasteiger partial charge in [-0.05, 0) is 30.6 Å². The van der Waals surface area contributed by atoms with Crippen molar-refractivity contribution in [3.8, 4) is 0 Å². The van der Waals surface area contributed by atoms with Crippen LogP contribution in [0.25, 0.3) is 0 Å². The van der Waals surface area contributed by atoms with Gasteiger partial charge in [0.2, 0.25) is 0 Å². The number of aromatic nitrogens is 3. The van der Waals surface area contributed by atoms with Crippen LogP contribution in [0.5, 0.6) is 0 Å². The van der Waals surface area contributed by atoms with Gasteiger partial charge < -0.3 is 5.11 Å². The first-order valence-electron chi connectivity index (χ1n) is 5.23. The maximum Gasteiger partial charge on any atom is 0.0852 e. The van der Waals surface area contributed by atoms with Gasteiger partial charge in [0.15, 0.2) is 0 Å². The normalized spacial score (nSPS) is 29.1. The van der Waals surface area contributed by atoms with Crippen molar-refractivity contribution in [2.45, 2.75) is 31.8 Å². The molecule has 4 heteroatoms. The van der Waals surface area contributed by atoms with Crippen molar-refractivity contribution in [3.05, 3.63) is 11.9 Å². The van der Waals surface area contributed by atoms with Crippen LogP contribution < -0.4 is 0 Å². The van der Waals surface area contributed by atoms with E-state index in [4.69, 9.17) is 0 Å². The van der Waals surface area contributed by atoms with E-state index in [1.54, 1.807) is 18.0 Å². The molecule has 1 N–H and O–H groups in total. The van der Waals surface area contributed by atoms with Crippen molar-refractivity contribution in [1.82, 2.24) is 15.0 Å². The van der Waals surface area contributed by atoms with Crippen LogP contribution in [0.4, 0.5) is 0 Å². The molecule has 2 atom stereocenters. The summed E-state index contributed by atoms with van der Waals surface area (Å²) in [7, 11) is 1.80. The molecule has 0 radical (unpaired) electrons. The zero-order chi connectivity index (χ0) is 9.76. The first kappa shape index (κ1) is 8.41. The Hall–Kier alpha value is -0.900. The van der Waals surface area contributed by atoms with Crippen molar-refractivity contribution < 1.29 is 5.11 Å². The van der Waals surface area contributed by atoms with Crippen LogP contribution in [0.2, 0.25) is 0 Å². The fourth-order valence-electron chi connectivity index (χ4n) is 2.50. The van der Waals surface area contributed by atoms with Gasteiger partial charge in [-0.3, -0.25) is 0 Å². The second-order valence-corrected chi connectivity index (χ2v) is 4.77. The molecule has 3 rings (SSSR count). The molecule has 0 aliphatic heterocycles. The molecule has 0 aromatic carbocycles. The fourth-order valence-corrected chi connectivity index (χ4v) is 2.50. The summed E-state index contributed by atoms with van der Waals surface area (Å²) in [6.45, 7) is 0. The van der Waals surface area contributed by atoms with E-state index < -0.39 is 0 Å². The molecule has 2 fully saturated rings. The number of hydrogen-bond donors (Lipinski definition) is 1. The zero-order valence-corrected chi connectivity index (χ0v) is 8.35. The average molecular weight is 193 g/mol. The van der Waals surface area contributed by atoms with Crippen LogP contribution in [0, 0.1) is 11.3 Å². The first-order chi connectivity index (χ1) is 6.70. The topological polar surface area (TPSA) is 50.9 Å². The minimum absolute atomic E-state index is 0.200. The Morgan fingerprint density at radius 3 is 3.00 bits per heavy atom. The Kier molecular flexibility index (Phi) is 1.54. The molecule has 1 spiro atoms. The molecule has 2 unspecified atom stereocenters. The summed E-state index contributed by atoms with van der Waals surface area (Å²) in [6.07, 6.45) is 6.10. The van der Waals surface area contributed by atoms with Crippen molar-refractivity contribution in [2.24, 2.45) is 18.4 Å². The van der Waals surface area contributed by atoms with E-state index in [-0.39, 0.29) is 6.10 Å². The Morgan fingerprint density at radius 2 is 2.50 bits per heavy atom. The number of aliphatic hydroxyl groups is 1. The van der Waals surface area contributed by atoms with Gasteiger partial charge in [0, 0.05) is 13.5 Å². The van der Waals surface area contributed by atoms with Crippen LogP contribution in [-0.4, -0.2) is 26.2 Å². The Bertz CT molecular complexity index is 356. The van der Waals surface area contributed by atoms with Crippen LogP contribution in [0.15, 0.2) is 6.20 Å². The summed E-state index contributed by atoms with van der Waals surface area (Å²) in [4.78, 5) is 1.54. The number of aliphatic hydroxyl groups excluding tert-OH is 1. The zero-order valence-electron chi connectivity index (χ0n) is 8.35. The highest BCUT2D eigenvalue weighted by atomic mass is 16.3. The van der Waals surface area contributed by atoms with Gasteiger partial charge in [-0.15, -0.1) is 0 Å². The Morgan fingerprint density at radius 1 is 1.71 bits per heavy atom. The lowest BCUT2D eigenvalue weighted by Crippen LogP contribution is -2.15. The van der Waals surface area contributed by atoms with Gasteiger partial charge in [0.25, 0.3) is 0 Å². The van der Waals surface area contributed by atoms with Gasteiger partial charge in [-0.25, -0.2) is 0 Å². The Balaban J connectivity index is 1.62. The Labute approximate surface area is 82.9 Å². The van der Waals surface area contributed by atoms with E-state index in [0.29, 0.717) is 17.8 Å². The van der Waals surface area contributed by atoms with E-state index in [0.717, 1.165) is 5.69 Å². The summed E-state index contributed by atoms with van der Waals surface area (Å²) in [5.74, 6) is 0.546. The maximum absolute atomic E-state index is 9.95. The van der Waals surface area contributed by atoms with Crippen molar-refractivity contribution >= 4 is 0 Å². The maximum atomic E-state index is 9.95. The molecule has 0 amide bonds. The molecule has 1 heterocycles. The smallest absolute Gasteiger partial charge is 0.0852 e. The minimum atomic E-state index is -0.200. The lowest BCUT2D eigenvalue weighted by atomic mass is 10.1. The van der Waals surface area contributed by atoms with Gasteiger partial charge in [-0.1, -0.05) is 0 Å². The van der Waals surface area contributed by atoms with E-state index in [2.05, 4.69) is 10.2 Å². The standard InChI is InChI=1S/C10H15N3O/c1-13-11-6-7(12-13)4-9(14)8-5-10(8)2-3-10/h6,8-9,14H,2-5H2,1H3. The highest BCUT2D eigenvalue weighted by molar-refractivity contribution is 5.15. The predicted octanol–water partition coefficient (Wildman–Crippen LogP) is 0.519. The number of rotatable bonds is 3. The fraction of sp³-hybridized carbons (Fsp3) is 0.800. The molecule has 2 aliphatic carbocycles. The average Bonchev–Trinajstić information content (AvgIpc) is 3.03. The second-order valence-electron chi connectivity index (χ2n) is 4.77. The molecule has 2 saturated carbocycles. The predicted molar refractivity (Wildman–Crippen MR) is 50.5 cm³/mol. The summed E-state index contributed by atoms with van der Waals surface area (Å²) >= 11 is 0. The van der Waals surface area contributed by atoms with Crippen molar-refractivity contribution in [1.29, 1.82) is 0 Å². The minimum Gasteiger partial charge on any atom is -0.392 e. The molecule has 1 aromatic heterocycles. The van der Waals surface area contributed by atoms with Crippen LogP contribution in [0.3, 0.4) is 0 Å². The summed E-state index contributed by atoms with van der Waals surface area (Å²) < 4.78 is 0. The highest BCUT2D eigenvalue weighted by Crippen LogP contribution is 2.71.